The Labute approximate surface area is 117 Å². The summed E-state index contributed by atoms with van der Waals surface area (Å²) in [6.07, 6.45) is 8.35. The van der Waals surface area contributed by atoms with E-state index in [-0.39, 0.29) is 5.95 Å². The van der Waals surface area contributed by atoms with Crippen LogP contribution in [0.5, 0.6) is 0 Å². The molecule has 7 heteroatoms. The lowest BCUT2D eigenvalue weighted by Gasteiger charge is -2.16. The summed E-state index contributed by atoms with van der Waals surface area (Å²) < 4.78 is 1.57. The number of aromatic nitrogens is 5. The molecule has 0 amide bonds. The standard InChI is InChI=1S/C13H19N7/c1-2-10(8-9-4-5-9)16-12-17-11(14)18-13(19-12)20-7-3-6-15-20/h3,6-7,9-10H,2,4-5,8H2,1H3,(H3,14,16,17,18,19). The van der Waals surface area contributed by atoms with Gasteiger partial charge >= 0.3 is 0 Å². The minimum atomic E-state index is 0.203. The van der Waals surface area contributed by atoms with Crippen molar-refractivity contribution in [2.45, 2.75) is 38.6 Å². The summed E-state index contributed by atoms with van der Waals surface area (Å²) in [6.45, 7) is 2.17. The van der Waals surface area contributed by atoms with Crippen molar-refractivity contribution in [3.8, 4) is 5.95 Å². The molecule has 1 fully saturated rings. The molecule has 2 heterocycles. The van der Waals surface area contributed by atoms with Gasteiger partial charge in [0.05, 0.1) is 0 Å². The van der Waals surface area contributed by atoms with Crippen molar-refractivity contribution in [1.29, 1.82) is 0 Å². The lowest BCUT2D eigenvalue weighted by molar-refractivity contribution is 0.582. The fraction of sp³-hybridized carbons (Fsp3) is 0.538. The first-order valence-electron chi connectivity index (χ1n) is 7.02. The number of hydrogen-bond donors (Lipinski definition) is 2. The van der Waals surface area contributed by atoms with Crippen molar-refractivity contribution < 1.29 is 0 Å². The van der Waals surface area contributed by atoms with Crippen molar-refractivity contribution in [3.63, 3.8) is 0 Å². The molecule has 2 aromatic heterocycles. The van der Waals surface area contributed by atoms with E-state index in [9.17, 15) is 0 Å². The molecule has 0 aliphatic heterocycles. The number of nitrogens with two attached hydrogens (primary N) is 1. The highest BCUT2D eigenvalue weighted by atomic mass is 15.4. The zero-order chi connectivity index (χ0) is 13.9. The van der Waals surface area contributed by atoms with Crippen LogP contribution in [-0.4, -0.2) is 30.8 Å². The number of rotatable bonds is 6. The largest absolute Gasteiger partial charge is 0.368 e. The average Bonchev–Trinajstić information content (AvgIpc) is 3.07. The van der Waals surface area contributed by atoms with Crippen molar-refractivity contribution in [2.24, 2.45) is 5.92 Å². The van der Waals surface area contributed by atoms with Crippen LogP contribution >= 0.6 is 0 Å². The Bertz CT molecular complexity index is 562. The van der Waals surface area contributed by atoms with Crippen LogP contribution in [-0.2, 0) is 0 Å². The molecule has 1 aliphatic rings. The molecular formula is C13H19N7. The number of nitrogen functional groups attached to an aromatic ring is 1. The minimum absolute atomic E-state index is 0.203. The van der Waals surface area contributed by atoms with Crippen LogP contribution in [0.1, 0.15) is 32.6 Å². The Morgan fingerprint density at radius 1 is 1.40 bits per heavy atom. The van der Waals surface area contributed by atoms with Gasteiger partial charge in [-0.25, -0.2) is 4.68 Å². The third-order valence-electron chi connectivity index (χ3n) is 3.49. The Balaban J connectivity index is 1.78. The van der Waals surface area contributed by atoms with Gasteiger partial charge in [-0.1, -0.05) is 19.8 Å². The molecule has 0 radical (unpaired) electrons. The highest BCUT2D eigenvalue weighted by Crippen LogP contribution is 2.34. The molecule has 0 aromatic carbocycles. The van der Waals surface area contributed by atoms with E-state index in [4.69, 9.17) is 5.73 Å². The summed E-state index contributed by atoms with van der Waals surface area (Å²) in [4.78, 5) is 12.6. The molecule has 1 aliphatic carbocycles. The summed E-state index contributed by atoms with van der Waals surface area (Å²) in [5.41, 5.74) is 5.75. The Kier molecular flexibility index (Phi) is 3.49. The zero-order valence-corrected chi connectivity index (χ0v) is 11.5. The Hall–Kier alpha value is -2.18. The highest BCUT2D eigenvalue weighted by molar-refractivity contribution is 5.35. The van der Waals surface area contributed by atoms with Crippen LogP contribution in [0.3, 0.4) is 0 Å². The molecule has 1 atom stereocenters. The molecule has 1 saturated carbocycles. The van der Waals surface area contributed by atoms with E-state index < -0.39 is 0 Å². The number of anilines is 2. The number of nitrogens with one attached hydrogen (secondary N) is 1. The van der Waals surface area contributed by atoms with Gasteiger partial charge in [0.25, 0.3) is 5.95 Å². The van der Waals surface area contributed by atoms with Crippen molar-refractivity contribution in [2.75, 3.05) is 11.1 Å². The van der Waals surface area contributed by atoms with E-state index in [0.29, 0.717) is 17.9 Å². The molecule has 3 N–H and O–H groups in total. The second-order valence-electron chi connectivity index (χ2n) is 5.20. The van der Waals surface area contributed by atoms with E-state index in [2.05, 4.69) is 32.3 Å². The summed E-state index contributed by atoms with van der Waals surface area (Å²) in [5, 5.41) is 7.47. The predicted molar refractivity (Wildman–Crippen MR) is 76.4 cm³/mol. The van der Waals surface area contributed by atoms with Crippen LogP contribution in [0.25, 0.3) is 5.95 Å². The summed E-state index contributed by atoms with van der Waals surface area (Å²) in [5.74, 6) is 2.02. The van der Waals surface area contributed by atoms with Crippen LogP contribution in [0.2, 0.25) is 0 Å². The van der Waals surface area contributed by atoms with Crippen molar-refractivity contribution in [3.05, 3.63) is 18.5 Å². The second-order valence-corrected chi connectivity index (χ2v) is 5.20. The molecule has 20 heavy (non-hydrogen) atoms. The lowest BCUT2D eigenvalue weighted by atomic mass is 10.1. The maximum Gasteiger partial charge on any atom is 0.257 e. The first-order chi connectivity index (χ1) is 9.74. The van der Waals surface area contributed by atoms with Gasteiger partial charge in [-0.2, -0.15) is 20.1 Å². The number of hydrogen-bond acceptors (Lipinski definition) is 6. The second kappa shape index (κ2) is 5.44. The average molecular weight is 273 g/mol. The maximum atomic E-state index is 5.75. The fourth-order valence-corrected chi connectivity index (χ4v) is 2.20. The maximum absolute atomic E-state index is 5.75. The molecular weight excluding hydrogens is 254 g/mol. The van der Waals surface area contributed by atoms with Gasteiger partial charge in [0.1, 0.15) is 0 Å². The molecule has 0 spiro atoms. The third kappa shape index (κ3) is 3.04. The summed E-state index contributed by atoms with van der Waals surface area (Å²) in [6, 6.07) is 2.20. The minimum Gasteiger partial charge on any atom is -0.368 e. The van der Waals surface area contributed by atoms with Gasteiger partial charge in [0, 0.05) is 18.4 Å². The summed E-state index contributed by atoms with van der Waals surface area (Å²) in [7, 11) is 0. The predicted octanol–water partition coefficient (Wildman–Crippen LogP) is 1.63. The van der Waals surface area contributed by atoms with E-state index in [1.54, 1.807) is 17.1 Å². The molecule has 7 nitrogen and oxygen atoms in total. The lowest BCUT2D eigenvalue weighted by Crippen LogP contribution is -2.22. The van der Waals surface area contributed by atoms with Crippen LogP contribution in [0.15, 0.2) is 18.5 Å². The SMILES string of the molecule is CCC(CC1CC1)Nc1nc(N)nc(-n2cccn2)n1. The van der Waals surface area contributed by atoms with Gasteiger partial charge in [0.2, 0.25) is 11.9 Å². The Morgan fingerprint density at radius 3 is 2.90 bits per heavy atom. The quantitative estimate of drug-likeness (QED) is 0.830. The zero-order valence-electron chi connectivity index (χ0n) is 11.5. The van der Waals surface area contributed by atoms with E-state index in [0.717, 1.165) is 12.3 Å². The van der Waals surface area contributed by atoms with E-state index in [1.165, 1.54) is 19.3 Å². The van der Waals surface area contributed by atoms with Crippen LogP contribution < -0.4 is 11.1 Å². The number of nitrogens with zero attached hydrogens (tertiary/aromatic N) is 5. The van der Waals surface area contributed by atoms with Crippen molar-refractivity contribution >= 4 is 11.9 Å². The van der Waals surface area contributed by atoms with E-state index in [1.807, 2.05) is 6.07 Å². The first-order valence-corrected chi connectivity index (χ1v) is 7.02. The third-order valence-corrected chi connectivity index (χ3v) is 3.49. The summed E-state index contributed by atoms with van der Waals surface area (Å²) >= 11 is 0. The Morgan fingerprint density at radius 2 is 2.25 bits per heavy atom. The normalized spacial score (nSPS) is 16.1. The molecule has 0 saturated heterocycles. The molecule has 3 rings (SSSR count). The molecule has 106 valence electrons. The van der Waals surface area contributed by atoms with Crippen LogP contribution in [0.4, 0.5) is 11.9 Å². The fourth-order valence-electron chi connectivity index (χ4n) is 2.20. The highest BCUT2D eigenvalue weighted by Gasteiger charge is 2.25. The van der Waals surface area contributed by atoms with E-state index >= 15 is 0 Å². The van der Waals surface area contributed by atoms with Crippen LogP contribution in [0, 0.1) is 5.92 Å². The van der Waals surface area contributed by atoms with Gasteiger partial charge in [-0.15, -0.1) is 0 Å². The van der Waals surface area contributed by atoms with Gasteiger partial charge in [-0.3, -0.25) is 0 Å². The smallest absolute Gasteiger partial charge is 0.257 e. The van der Waals surface area contributed by atoms with Crippen molar-refractivity contribution in [1.82, 2.24) is 24.7 Å². The molecule has 1 unspecified atom stereocenters. The van der Waals surface area contributed by atoms with Gasteiger partial charge in [0.15, 0.2) is 0 Å². The first kappa shape index (κ1) is 12.8. The topological polar surface area (TPSA) is 94.5 Å². The monoisotopic (exact) mass is 273 g/mol. The van der Waals surface area contributed by atoms with Gasteiger partial charge < -0.3 is 11.1 Å². The van der Waals surface area contributed by atoms with Gasteiger partial charge in [-0.05, 0) is 24.8 Å². The molecule has 2 aromatic rings. The molecule has 0 bridgehead atoms.